The quantitative estimate of drug-likeness (QED) is 0.593. The first-order valence-electron chi connectivity index (χ1n) is 7.68. The number of nitrogens with zero attached hydrogens (tertiary/aromatic N) is 1. The Morgan fingerprint density at radius 2 is 1.60 bits per heavy atom. The first-order chi connectivity index (χ1) is 12.0. The molecule has 0 spiro atoms. The van der Waals surface area contributed by atoms with E-state index in [9.17, 15) is 8.42 Å². The molecule has 0 fully saturated rings. The summed E-state index contributed by atoms with van der Waals surface area (Å²) in [4.78, 5) is 7.76. The zero-order valence-corrected chi connectivity index (χ0v) is 14.0. The van der Waals surface area contributed by atoms with Crippen LogP contribution in [0.3, 0.4) is 0 Å². The molecule has 0 unspecified atom stereocenters. The third kappa shape index (κ3) is 2.82. The first-order valence-corrected chi connectivity index (χ1v) is 9.23. The van der Waals surface area contributed by atoms with E-state index in [0.29, 0.717) is 0 Å². The molecule has 124 valence electrons. The second-order valence-corrected chi connectivity index (χ2v) is 7.29. The van der Waals surface area contributed by atoms with Crippen LogP contribution in [-0.2, 0) is 10.0 Å². The Balaban J connectivity index is 1.97. The molecule has 0 saturated carbocycles. The number of benzene rings is 2. The van der Waals surface area contributed by atoms with E-state index in [-0.39, 0.29) is 4.90 Å². The minimum Gasteiger partial charge on any atom is -0.354 e. The van der Waals surface area contributed by atoms with Crippen LogP contribution in [0.1, 0.15) is 0 Å². The van der Waals surface area contributed by atoms with Crippen LogP contribution in [0.5, 0.6) is 0 Å². The van der Waals surface area contributed by atoms with Crippen LogP contribution in [0.25, 0.3) is 33.3 Å². The van der Waals surface area contributed by atoms with E-state index in [2.05, 4.69) is 9.97 Å². The Morgan fingerprint density at radius 1 is 0.880 bits per heavy atom. The van der Waals surface area contributed by atoms with Gasteiger partial charge < -0.3 is 4.98 Å². The zero-order chi connectivity index (χ0) is 17.4. The van der Waals surface area contributed by atoms with Crippen molar-refractivity contribution >= 4 is 20.9 Å². The van der Waals surface area contributed by atoms with Crippen molar-refractivity contribution in [3.63, 3.8) is 0 Å². The Morgan fingerprint density at radius 3 is 2.28 bits per heavy atom. The lowest BCUT2D eigenvalue weighted by atomic mass is 9.99. The Hall–Kier alpha value is -2.96. The molecule has 0 saturated heterocycles. The van der Waals surface area contributed by atoms with Crippen LogP contribution in [-0.4, -0.2) is 18.4 Å². The smallest absolute Gasteiger partial charge is 0.238 e. The average molecular weight is 349 g/mol. The van der Waals surface area contributed by atoms with Gasteiger partial charge in [0.05, 0.1) is 10.6 Å². The second-order valence-electron chi connectivity index (χ2n) is 5.73. The van der Waals surface area contributed by atoms with Gasteiger partial charge in [-0.2, -0.15) is 0 Å². The van der Waals surface area contributed by atoms with Gasteiger partial charge in [-0.3, -0.25) is 4.98 Å². The molecular weight excluding hydrogens is 334 g/mol. The molecule has 2 heterocycles. The summed E-state index contributed by atoms with van der Waals surface area (Å²) in [7, 11) is -3.71. The molecule has 6 heteroatoms. The van der Waals surface area contributed by atoms with E-state index in [1.165, 1.54) is 12.1 Å². The molecule has 0 aliphatic rings. The number of aromatic amines is 1. The average Bonchev–Trinajstić information content (AvgIpc) is 3.01. The van der Waals surface area contributed by atoms with E-state index < -0.39 is 10.0 Å². The van der Waals surface area contributed by atoms with Crippen LogP contribution in [0.15, 0.2) is 78.0 Å². The second kappa shape index (κ2) is 5.84. The molecule has 2 aromatic heterocycles. The number of fused-ring (bicyclic) bond motifs is 1. The summed E-state index contributed by atoms with van der Waals surface area (Å²) in [6, 6.07) is 18.5. The number of hydrogen-bond acceptors (Lipinski definition) is 3. The van der Waals surface area contributed by atoms with Crippen molar-refractivity contribution in [2.24, 2.45) is 5.14 Å². The van der Waals surface area contributed by atoms with Gasteiger partial charge in [-0.15, -0.1) is 0 Å². The minimum absolute atomic E-state index is 0.0930. The maximum absolute atomic E-state index is 11.5. The number of nitrogens with two attached hydrogens (primary N) is 1. The van der Waals surface area contributed by atoms with E-state index in [4.69, 9.17) is 5.14 Å². The SMILES string of the molecule is NS(=O)(=O)c1ccc(-c2c(-c3ccccc3)[nH]c3ccncc23)cc1. The summed E-state index contributed by atoms with van der Waals surface area (Å²) >= 11 is 0. The maximum Gasteiger partial charge on any atom is 0.238 e. The third-order valence-corrected chi connectivity index (χ3v) is 5.06. The van der Waals surface area contributed by atoms with Gasteiger partial charge in [-0.05, 0) is 29.3 Å². The molecule has 2 aromatic carbocycles. The van der Waals surface area contributed by atoms with Gasteiger partial charge in [0.25, 0.3) is 0 Å². The number of H-pyrrole nitrogens is 1. The highest BCUT2D eigenvalue weighted by Gasteiger charge is 2.16. The minimum atomic E-state index is -3.71. The van der Waals surface area contributed by atoms with Crippen LogP contribution in [0, 0.1) is 0 Å². The molecule has 0 atom stereocenters. The fraction of sp³-hybridized carbons (Fsp3) is 0. The maximum atomic E-state index is 11.5. The van der Waals surface area contributed by atoms with Gasteiger partial charge in [0.1, 0.15) is 0 Å². The number of rotatable bonds is 3. The topological polar surface area (TPSA) is 88.8 Å². The van der Waals surface area contributed by atoms with Crippen LogP contribution >= 0.6 is 0 Å². The Labute approximate surface area is 145 Å². The number of pyridine rings is 1. The predicted octanol–water partition coefficient (Wildman–Crippen LogP) is 3.54. The molecule has 0 bridgehead atoms. The number of primary sulfonamides is 1. The van der Waals surface area contributed by atoms with E-state index >= 15 is 0 Å². The van der Waals surface area contributed by atoms with E-state index in [1.807, 2.05) is 36.4 Å². The van der Waals surface area contributed by atoms with Crippen molar-refractivity contribution in [1.29, 1.82) is 0 Å². The highest BCUT2D eigenvalue weighted by molar-refractivity contribution is 7.89. The number of nitrogens with one attached hydrogen (secondary N) is 1. The summed E-state index contributed by atoms with van der Waals surface area (Å²) in [5.74, 6) is 0. The number of aromatic nitrogens is 2. The monoisotopic (exact) mass is 349 g/mol. The van der Waals surface area contributed by atoms with Crippen LogP contribution in [0.2, 0.25) is 0 Å². The molecule has 0 radical (unpaired) electrons. The lowest BCUT2D eigenvalue weighted by Gasteiger charge is -2.07. The standard InChI is InChI=1S/C19H15N3O2S/c20-25(23,24)15-8-6-13(7-9-15)18-16-12-21-11-10-17(16)22-19(18)14-4-2-1-3-5-14/h1-12,22H,(H2,20,23,24). The Kier molecular flexibility index (Phi) is 3.63. The summed E-state index contributed by atoms with van der Waals surface area (Å²) in [5.41, 5.74) is 4.86. The highest BCUT2D eigenvalue weighted by atomic mass is 32.2. The van der Waals surface area contributed by atoms with Crippen LogP contribution < -0.4 is 5.14 Å². The molecule has 4 aromatic rings. The van der Waals surface area contributed by atoms with Gasteiger partial charge in [-0.25, -0.2) is 13.6 Å². The van der Waals surface area contributed by atoms with Crippen molar-refractivity contribution < 1.29 is 8.42 Å². The predicted molar refractivity (Wildman–Crippen MR) is 98.3 cm³/mol. The molecular formula is C19H15N3O2S. The number of hydrogen-bond donors (Lipinski definition) is 2. The summed E-state index contributed by atoms with van der Waals surface area (Å²) in [6.07, 6.45) is 3.54. The molecule has 0 aliphatic heterocycles. The van der Waals surface area contributed by atoms with Crippen LogP contribution in [0.4, 0.5) is 0 Å². The van der Waals surface area contributed by atoms with Gasteiger partial charge in [0, 0.05) is 28.9 Å². The molecule has 25 heavy (non-hydrogen) atoms. The highest BCUT2D eigenvalue weighted by Crippen LogP contribution is 2.38. The van der Waals surface area contributed by atoms with Gasteiger partial charge in [0.2, 0.25) is 10.0 Å². The normalized spacial score (nSPS) is 11.7. The number of sulfonamides is 1. The molecule has 0 amide bonds. The molecule has 0 aliphatic carbocycles. The molecule has 3 N–H and O–H groups in total. The van der Waals surface area contributed by atoms with Gasteiger partial charge >= 0.3 is 0 Å². The summed E-state index contributed by atoms with van der Waals surface area (Å²) in [6.45, 7) is 0. The summed E-state index contributed by atoms with van der Waals surface area (Å²) in [5, 5.41) is 6.17. The van der Waals surface area contributed by atoms with Crippen molar-refractivity contribution in [1.82, 2.24) is 9.97 Å². The van der Waals surface area contributed by atoms with Crippen molar-refractivity contribution in [3.05, 3.63) is 73.1 Å². The lowest BCUT2D eigenvalue weighted by Crippen LogP contribution is -2.11. The summed E-state index contributed by atoms with van der Waals surface area (Å²) < 4.78 is 23.0. The lowest BCUT2D eigenvalue weighted by molar-refractivity contribution is 0.598. The molecule has 4 rings (SSSR count). The third-order valence-electron chi connectivity index (χ3n) is 4.13. The Bertz CT molecular complexity index is 1150. The fourth-order valence-electron chi connectivity index (χ4n) is 2.97. The van der Waals surface area contributed by atoms with E-state index in [1.54, 1.807) is 24.5 Å². The van der Waals surface area contributed by atoms with Crippen molar-refractivity contribution in [2.75, 3.05) is 0 Å². The fourth-order valence-corrected chi connectivity index (χ4v) is 3.48. The van der Waals surface area contributed by atoms with Crippen molar-refractivity contribution in [3.8, 4) is 22.4 Å². The van der Waals surface area contributed by atoms with Gasteiger partial charge in [0.15, 0.2) is 0 Å². The molecule has 5 nitrogen and oxygen atoms in total. The van der Waals surface area contributed by atoms with Gasteiger partial charge in [-0.1, -0.05) is 42.5 Å². The zero-order valence-electron chi connectivity index (χ0n) is 13.2. The van der Waals surface area contributed by atoms with Crippen molar-refractivity contribution in [2.45, 2.75) is 4.90 Å². The van der Waals surface area contributed by atoms with E-state index in [0.717, 1.165) is 33.3 Å². The largest absolute Gasteiger partial charge is 0.354 e. The first kappa shape index (κ1) is 15.6.